The van der Waals surface area contributed by atoms with Crippen LogP contribution in [0.4, 0.5) is 0 Å². The SMILES string of the molecule is Cl.Cn1cc(Br)cc1C(=O)NCC1NCCc2ccccc21. The molecular formula is C16H19BrClN3O. The molecule has 1 unspecified atom stereocenters. The van der Waals surface area contributed by atoms with Crippen LogP contribution in [0.25, 0.3) is 0 Å². The van der Waals surface area contributed by atoms with E-state index in [1.807, 2.05) is 23.9 Å². The zero-order valence-corrected chi connectivity index (χ0v) is 14.7. The smallest absolute Gasteiger partial charge is 0.268 e. The molecule has 3 rings (SSSR count). The fourth-order valence-corrected chi connectivity index (χ4v) is 3.33. The number of amides is 1. The van der Waals surface area contributed by atoms with Gasteiger partial charge in [-0.05, 0) is 46.1 Å². The van der Waals surface area contributed by atoms with Crippen molar-refractivity contribution in [2.45, 2.75) is 12.5 Å². The molecule has 1 aliphatic rings. The van der Waals surface area contributed by atoms with Crippen molar-refractivity contribution in [3.8, 4) is 0 Å². The van der Waals surface area contributed by atoms with E-state index in [1.165, 1.54) is 11.1 Å². The molecule has 1 amide bonds. The van der Waals surface area contributed by atoms with Gasteiger partial charge in [-0.3, -0.25) is 4.79 Å². The molecule has 0 spiro atoms. The van der Waals surface area contributed by atoms with Crippen molar-refractivity contribution < 1.29 is 4.79 Å². The number of halogens is 2. The van der Waals surface area contributed by atoms with Crippen molar-refractivity contribution in [1.82, 2.24) is 15.2 Å². The van der Waals surface area contributed by atoms with Crippen molar-refractivity contribution in [3.05, 3.63) is 57.8 Å². The van der Waals surface area contributed by atoms with Gasteiger partial charge in [0.15, 0.2) is 0 Å². The Kier molecular flexibility index (Phi) is 5.67. The van der Waals surface area contributed by atoms with Gasteiger partial charge in [-0.25, -0.2) is 0 Å². The van der Waals surface area contributed by atoms with E-state index < -0.39 is 0 Å². The highest BCUT2D eigenvalue weighted by Crippen LogP contribution is 2.22. The number of nitrogens with one attached hydrogen (secondary N) is 2. The lowest BCUT2D eigenvalue weighted by atomic mass is 9.94. The second-order valence-corrected chi connectivity index (χ2v) is 6.24. The summed E-state index contributed by atoms with van der Waals surface area (Å²) in [6.45, 7) is 1.55. The van der Waals surface area contributed by atoms with Crippen LogP contribution < -0.4 is 10.6 Å². The number of aryl methyl sites for hydroxylation is 1. The zero-order valence-electron chi connectivity index (χ0n) is 12.3. The molecular weight excluding hydrogens is 366 g/mol. The van der Waals surface area contributed by atoms with Crippen molar-refractivity contribution in [1.29, 1.82) is 0 Å². The van der Waals surface area contributed by atoms with Gasteiger partial charge in [-0.1, -0.05) is 24.3 Å². The Bertz CT molecular complexity index is 671. The quantitative estimate of drug-likeness (QED) is 0.855. The standard InChI is InChI=1S/C16H18BrN3O.ClH/c1-20-10-12(17)8-15(20)16(21)19-9-14-13-5-3-2-4-11(13)6-7-18-14;/h2-5,8,10,14,18H,6-7,9H2,1H3,(H,19,21);1H. The molecule has 1 aliphatic heterocycles. The van der Waals surface area contributed by atoms with E-state index >= 15 is 0 Å². The summed E-state index contributed by atoms with van der Waals surface area (Å²) in [7, 11) is 1.87. The number of carbonyl (C=O) groups excluding carboxylic acids is 1. The summed E-state index contributed by atoms with van der Waals surface area (Å²) in [5.41, 5.74) is 3.32. The van der Waals surface area contributed by atoms with Crippen LogP contribution in [0.15, 0.2) is 41.0 Å². The maximum atomic E-state index is 12.3. The zero-order chi connectivity index (χ0) is 14.8. The first kappa shape index (κ1) is 17.1. The Morgan fingerprint density at radius 1 is 1.45 bits per heavy atom. The molecule has 22 heavy (non-hydrogen) atoms. The predicted octanol–water partition coefficient (Wildman–Crippen LogP) is 2.83. The average molecular weight is 385 g/mol. The molecule has 6 heteroatoms. The van der Waals surface area contributed by atoms with E-state index in [9.17, 15) is 4.79 Å². The average Bonchev–Trinajstić information content (AvgIpc) is 2.83. The van der Waals surface area contributed by atoms with Gasteiger partial charge in [0.2, 0.25) is 0 Å². The maximum absolute atomic E-state index is 12.3. The van der Waals surface area contributed by atoms with Gasteiger partial charge in [-0.15, -0.1) is 12.4 Å². The van der Waals surface area contributed by atoms with Gasteiger partial charge >= 0.3 is 0 Å². The van der Waals surface area contributed by atoms with Gasteiger partial charge in [0.05, 0.1) is 0 Å². The van der Waals surface area contributed by atoms with Crippen LogP contribution in [0.5, 0.6) is 0 Å². The number of hydrogen-bond acceptors (Lipinski definition) is 2. The number of carbonyl (C=O) groups is 1. The molecule has 1 atom stereocenters. The van der Waals surface area contributed by atoms with Crippen LogP contribution in [0.2, 0.25) is 0 Å². The van der Waals surface area contributed by atoms with Gasteiger partial charge in [-0.2, -0.15) is 0 Å². The van der Waals surface area contributed by atoms with E-state index in [4.69, 9.17) is 0 Å². The molecule has 0 radical (unpaired) electrons. The number of fused-ring (bicyclic) bond motifs is 1. The highest BCUT2D eigenvalue weighted by molar-refractivity contribution is 9.10. The summed E-state index contributed by atoms with van der Waals surface area (Å²) < 4.78 is 2.73. The molecule has 2 heterocycles. The van der Waals surface area contributed by atoms with Crippen LogP contribution in [0, 0.1) is 0 Å². The van der Waals surface area contributed by atoms with Crippen molar-refractivity contribution in [2.24, 2.45) is 7.05 Å². The van der Waals surface area contributed by atoms with E-state index in [1.54, 1.807) is 0 Å². The Morgan fingerprint density at radius 2 is 2.23 bits per heavy atom. The largest absolute Gasteiger partial charge is 0.349 e. The monoisotopic (exact) mass is 383 g/mol. The molecule has 118 valence electrons. The molecule has 0 fully saturated rings. The Balaban J connectivity index is 0.00000176. The summed E-state index contributed by atoms with van der Waals surface area (Å²) in [4.78, 5) is 12.3. The van der Waals surface area contributed by atoms with Crippen LogP contribution in [0.3, 0.4) is 0 Å². The topological polar surface area (TPSA) is 46.1 Å². The third-order valence-electron chi connectivity index (χ3n) is 3.89. The molecule has 0 bridgehead atoms. The Labute approximate surface area is 144 Å². The second kappa shape index (κ2) is 7.31. The Hall–Kier alpha value is -1.30. The van der Waals surface area contributed by atoms with Crippen LogP contribution in [0.1, 0.15) is 27.7 Å². The molecule has 1 aromatic carbocycles. The molecule has 2 N–H and O–H groups in total. The summed E-state index contributed by atoms with van der Waals surface area (Å²) in [5, 5.41) is 6.49. The van der Waals surface area contributed by atoms with E-state index in [-0.39, 0.29) is 24.4 Å². The van der Waals surface area contributed by atoms with E-state index in [0.717, 1.165) is 17.4 Å². The van der Waals surface area contributed by atoms with Crippen LogP contribution >= 0.6 is 28.3 Å². The van der Waals surface area contributed by atoms with Crippen molar-refractivity contribution in [3.63, 3.8) is 0 Å². The van der Waals surface area contributed by atoms with Crippen LogP contribution in [-0.4, -0.2) is 23.6 Å². The molecule has 4 nitrogen and oxygen atoms in total. The van der Waals surface area contributed by atoms with Crippen molar-refractivity contribution >= 4 is 34.2 Å². The highest BCUT2D eigenvalue weighted by Gasteiger charge is 2.20. The molecule has 2 aromatic rings. The third-order valence-corrected chi connectivity index (χ3v) is 4.32. The van der Waals surface area contributed by atoms with E-state index in [2.05, 4.69) is 50.8 Å². The first-order chi connectivity index (χ1) is 10.1. The third kappa shape index (κ3) is 3.54. The normalized spacial score (nSPS) is 16.5. The van der Waals surface area contributed by atoms with Gasteiger partial charge < -0.3 is 15.2 Å². The fourth-order valence-electron chi connectivity index (χ4n) is 2.81. The summed E-state index contributed by atoms with van der Waals surface area (Å²) in [6, 6.07) is 10.4. The molecule has 0 aliphatic carbocycles. The minimum atomic E-state index is -0.0481. The molecule has 0 saturated heterocycles. The van der Waals surface area contributed by atoms with Crippen molar-refractivity contribution in [2.75, 3.05) is 13.1 Å². The summed E-state index contributed by atoms with van der Waals surface area (Å²) in [6.07, 6.45) is 2.93. The minimum Gasteiger partial charge on any atom is -0.349 e. The number of rotatable bonds is 3. The first-order valence-corrected chi connectivity index (χ1v) is 7.85. The Morgan fingerprint density at radius 3 is 2.95 bits per heavy atom. The molecule has 0 saturated carbocycles. The molecule has 1 aromatic heterocycles. The number of nitrogens with zero attached hydrogens (tertiary/aromatic N) is 1. The maximum Gasteiger partial charge on any atom is 0.268 e. The summed E-state index contributed by atoms with van der Waals surface area (Å²) >= 11 is 3.39. The van der Waals surface area contributed by atoms with E-state index in [0.29, 0.717) is 12.2 Å². The number of aromatic nitrogens is 1. The summed E-state index contributed by atoms with van der Waals surface area (Å²) in [5.74, 6) is -0.0481. The lowest BCUT2D eigenvalue weighted by Crippen LogP contribution is -2.39. The highest BCUT2D eigenvalue weighted by atomic mass is 79.9. The number of hydrogen-bond donors (Lipinski definition) is 2. The van der Waals surface area contributed by atoms with Gasteiger partial charge in [0.1, 0.15) is 5.69 Å². The fraction of sp³-hybridized carbons (Fsp3) is 0.312. The van der Waals surface area contributed by atoms with Gasteiger partial charge in [0, 0.05) is 30.3 Å². The lowest BCUT2D eigenvalue weighted by Gasteiger charge is -2.27. The number of benzene rings is 1. The first-order valence-electron chi connectivity index (χ1n) is 7.06. The second-order valence-electron chi connectivity index (χ2n) is 5.32. The minimum absolute atomic E-state index is 0. The van der Waals surface area contributed by atoms with Crippen LogP contribution in [-0.2, 0) is 13.5 Å². The lowest BCUT2D eigenvalue weighted by molar-refractivity contribution is 0.0941. The van der Waals surface area contributed by atoms with Gasteiger partial charge in [0.25, 0.3) is 5.91 Å². The predicted molar refractivity (Wildman–Crippen MR) is 93.6 cm³/mol.